The van der Waals surface area contributed by atoms with Gasteiger partial charge in [0.1, 0.15) is 17.1 Å². The van der Waals surface area contributed by atoms with Gasteiger partial charge < -0.3 is 13.9 Å². The average molecular weight is 366 g/mol. The molecule has 2 aromatic carbocycles. The van der Waals surface area contributed by atoms with Crippen LogP contribution < -0.4 is 15.1 Å². The molecule has 5 nitrogen and oxygen atoms in total. The second kappa shape index (κ2) is 8.54. The van der Waals surface area contributed by atoms with Gasteiger partial charge in [-0.05, 0) is 48.2 Å². The zero-order chi connectivity index (χ0) is 19.2. The maximum absolute atomic E-state index is 12.1. The highest BCUT2D eigenvalue weighted by atomic mass is 16.5. The summed E-state index contributed by atoms with van der Waals surface area (Å²) in [7, 11) is 1.61. The third-order valence-electron chi connectivity index (χ3n) is 4.33. The first-order valence-corrected chi connectivity index (χ1v) is 8.99. The number of benzene rings is 2. The molecule has 0 N–H and O–H groups in total. The topological polar surface area (TPSA) is 65.7 Å². The van der Waals surface area contributed by atoms with Crippen molar-refractivity contribution in [1.29, 1.82) is 0 Å². The molecular weight excluding hydrogens is 344 g/mol. The van der Waals surface area contributed by atoms with Crippen molar-refractivity contribution < 1.29 is 18.7 Å². The molecule has 0 bridgehead atoms. The molecule has 0 spiro atoms. The molecule has 3 rings (SSSR count). The lowest BCUT2D eigenvalue weighted by molar-refractivity contribution is -0.134. The van der Waals surface area contributed by atoms with E-state index in [4.69, 9.17) is 13.9 Å². The first-order chi connectivity index (χ1) is 13.1. The Morgan fingerprint density at radius 2 is 1.74 bits per heavy atom. The van der Waals surface area contributed by atoms with E-state index in [2.05, 4.69) is 6.92 Å². The van der Waals surface area contributed by atoms with Gasteiger partial charge in [0, 0.05) is 23.9 Å². The summed E-state index contributed by atoms with van der Waals surface area (Å²) in [5, 5.41) is 0.870. The fourth-order valence-electron chi connectivity index (χ4n) is 2.97. The van der Waals surface area contributed by atoms with E-state index < -0.39 is 5.63 Å². The first-order valence-electron chi connectivity index (χ1n) is 8.99. The van der Waals surface area contributed by atoms with Crippen molar-refractivity contribution in [1.82, 2.24) is 0 Å². The fraction of sp³-hybridized carbons (Fsp3) is 0.273. The summed E-state index contributed by atoms with van der Waals surface area (Å²) < 4.78 is 15.8. The van der Waals surface area contributed by atoms with Crippen LogP contribution in [-0.4, -0.2) is 13.1 Å². The van der Waals surface area contributed by atoms with Crippen LogP contribution in [0, 0.1) is 0 Å². The maximum atomic E-state index is 12.1. The third kappa shape index (κ3) is 4.76. The lowest BCUT2D eigenvalue weighted by atomic mass is 10.1. The van der Waals surface area contributed by atoms with Crippen molar-refractivity contribution in [2.75, 3.05) is 7.11 Å². The molecule has 1 heterocycles. The molecule has 0 atom stereocenters. The first kappa shape index (κ1) is 18.7. The second-order valence-corrected chi connectivity index (χ2v) is 6.32. The molecule has 27 heavy (non-hydrogen) atoms. The highest BCUT2D eigenvalue weighted by Gasteiger charge is 2.10. The van der Waals surface area contributed by atoms with E-state index in [1.165, 1.54) is 6.07 Å². The van der Waals surface area contributed by atoms with Gasteiger partial charge in [0.05, 0.1) is 7.11 Å². The minimum atomic E-state index is -0.395. The molecule has 0 saturated carbocycles. The Labute approximate surface area is 157 Å². The number of esters is 1. The smallest absolute Gasteiger partial charge is 0.336 e. The lowest BCUT2D eigenvalue weighted by Crippen LogP contribution is -2.09. The van der Waals surface area contributed by atoms with Gasteiger partial charge in [-0.3, -0.25) is 4.79 Å². The Morgan fingerprint density at radius 3 is 2.44 bits per heavy atom. The number of carbonyl (C=O) groups excluding carboxylic acids is 1. The molecule has 0 amide bonds. The SMILES string of the molecule is CCCc1cc(=O)oc2cc(OC(=O)CCc3ccc(OC)cc3)ccc12. The molecule has 1 aromatic heterocycles. The van der Waals surface area contributed by atoms with Crippen molar-refractivity contribution in [2.24, 2.45) is 0 Å². The summed E-state index contributed by atoms with van der Waals surface area (Å²) >= 11 is 0. The molecule has 0 saturated heterocycles. The van der Waals surface area contributed by atoms with Crippen LogP contribution >= 0.6 is 0 Å². The van der Waals surface area contributed by atoms with E-state index in [0.717, 1.165) is 35.1 Å². The second-order valence-electron chi connectivity index (χ2n) is 6.32. The fourth-order valence-corrected chi connectivity index (χ4v) is 2.97. The monoisotopic (exact) mass is 366 g/mol. The van der Waals surface area contributed by atoms with Gasteiger partial charge in [0.15, 0.2) is 0 Å². The van der Waals surface area contributed by atoms with Gasteiger partial charge in [-0.15, -0.1) is 0 Å². The number of hydrogen-bond donors (Lipinski definition) is 0. The van der Waals surface area contributed by atoms with Crippen molar-refractivity contribution in [2.45, 2.75) is 32.6 Å². The number of ether oxygens (including phenoxy) is 2. The predicted octanol–water partition coefficient (Wildman–Crippen LogP) is 4.29. The van der Waals surface area contributed by atoms with Gasteiger partial charge in [-0.1, -0.05) is 25.5 Å². The lowest BCUT2D eigenvalue weighted by Gasteiger charge is -2.08. The van der Waals surface area contributed by atoms with E-state index in [1.807, 2.05) is 30.3 Å². The highest BCUT2D eigenvalue weighted by molar-refractivity contribution is 5.82. The Kier molecular flexibility index (Phi) is 5.91. The highest BCUT2D eigenvalue weighted by Crippen LogP contribution is 2.24. The summed E-state index contributed by atoms with van der Waals surface area (Å²) in [5.41, 5.74) is 2.02. The van der Waals surface area contributed by atoms with Crippen molar-refractivity contribution in [3.05, 3.63) is 70.1 Å². The summed E-state index contributed by atoms with van der Waals surface area (Å²) in [5.74, 6) is 0.817. The van der Waals surface area contributed by atoms with Crippen LogP contribution in [0.1, 0.15) is 30.9 Å². The maximum Gasteiger partial charge on any atom is 0.336 e. The Bertz CT molecular complexity index is 986. The molecule has 0 radical (unpaired) electrons. The van der Waals surface area contributed by atoms with Crippen LogP contribution in [0.4, 0.5) is 0 Å². The van der Waals surface area contributed by atoms with Crippen molar-refractivity contribution in [3.8, 4) is 11.5 Å². The minimum Gasteiger partial charge on any atom is -0.497 e. The Hall–Kier alpha value is -3.08. The number of aryl methyl sites for hydroxylation is 2. The van der Waals surface area contributed by atoms with Crippen LogP contribution in [-0.2, 0) is 17.6 Å². The summed E-state index contributed by atoms with van der Waals surface area (Å²) in [4.78, 5) is 23.9. The molecule has 0 fully saturated rings. The number of rotatable bonds is 7. The molecule has 140 valence electrons. The summed E-state index contributed by atoms with van der Waals surface area (Å²) in [6.45, 7) is 2.05. The van der Waals surface area contributed by atoms with Crippen LogP contribution in [0.15, 0.2) is 57.7 Å². The largest absolute Gasteiger partial charge is 0.497 e. The zero-order valence-corrected chi connectivity index (χ0v) is 15.5. The normalized spacial score (nSPS) is 10.7. The number of carbonyl (C=O) groups is 1. The summed E-state index contributed by atoms with van der Waals surface area (Å²) in [6.07, 6.45) is 2.56. The third-order valence-corrected chi connectivity index (χ3v) is 4.33. The van der Waals surface area contributed by atoms with E-state index >= 15 is 0 Å². The van der Waals surface area contributed by atoms with Crippen molar-refractivity contribution >= 4 is 16.9 Å². The molecule has 5 heteroatoms. The van der Waals surface area contributed by atoms with Gasteiger partial charge in [-0.2, -0.15) is 0 Å². The zero-order valence-electron chi connectivity index (χ0n) is 15.5. The minimum absolute atomic E-state index is 0.254. The molecule has 0 aliphatic heterocycles. The molecule has 3 aromatic rings. The van der Waals surface area contributed by atoms with E-state index in [0.29, 0.717) is 17.8 Å². The van der Waals surface area contributed by atoms with Crippen LogP contribution in [0.2, 0.25) is 0 Å². The Morgan fingerprint density at radius 1 is 1.00 bits per heavy atom. The summed E-state index contributed by atoms with van der Waals surface area (Å²) in [6, 6.07) is 14.2. The van der Waals surface area contributed by atoms with Gasteiger partial charge in [-0.25, -0.2) is 4.79 Å². The quantitative estimate of drug-likeness (QED) is 0.354. The average Bonchev–Trinajstić information content (AvgIpc) is 2.66. The molecule has 0 aliphatic rings. The Balaban J connectivity index is 1.68. The molecular formula is C22H22O5. The number of fused-ring (bicyclic) bond motifs is 1. The van der Waals surface area contributed by atoms with Crippen LogP contribution in [0.25, 0.3) is 11.0 Å². The van der Waals surface area contributed by atoms with Gasteiger partial charge in [0.25, 0.3) is 0 Å². The predicted molar refractivity (Wildman–Crippen MR) is 103 cm³/mol. The van der Waals surface area contributed by atoms with E-state index in [1.54, 1.807) is 19.2 Å². The van der Waals surface area contributed by atoms with Gasteiger partial charge in [0.2, 0.25) is 0 Å². The standard InChI is InChI=1S/C22H22O5/c1-3-4-16-13-22(24)27-20-14-18(10-11-19(16)20)26-21(23)12-7-15-5-8-17(25-2)9-6-15/h5-6,8-11,13-14H,3-4,7,12H2,1-2H3. The van der Waals surface area contributed by atoms with E-state index in [-0.39, 0.29) is 12.4 Å². The van der Waals surface area contributed by atoms with Gasteiger partial charge >= 0.3 is 11.6 Å². The van der Waals surface area contributed by atoms with Crippen LogP contribution in [0.5, 0.6) is 11.5 Å². The van der Waals surface area contributed by atoms with Crippen molar-refractivity contribution in [3.63, 3.8) is 0 Å². The van der Waals surface area contributed by atoms with E-state index in [9.17, 15) is 9.59 Å². The number of hydrogen-bond acceptors (Lipinski definition) is 5. The van der Waals surface area contributed by atoms with Crippen LogP contribution in [0.3, 0.4) is 0 Å². The molecule has 0 aliphatic carbocycles. The number of methoxy groups -OCH3 is 1. The molecule has 0 unspecified atom stereocenters.